The van der Waals surface area contributed by atoms with Crippen LogP contribution in [0.2, 0.25) is 0 Å². The summed E-state index contributed by atoms with van der Waals surface area (Å²) in [4.78, 5) is 12.0. The molecule has 0 atom stereocenters. The third-order valence-electron chi connectivity index (χ3n) is 3.00. The van der Waals surface area contributed by atoms with Crippen molar-refractivity contribution in [3.8, 4) is 0 Å². The van der Waals surface area contributed by atoms with Crippen LogP contribution in [0.25, 0.3) is 0 Å². The van der Waals surface area contributed by atoms with Gasteiger partial charge in [-0.1, -0.05) is 13.0 Å². The van der Waals surface area contributed by atoms with E-state index in [4.69, 9.17) is 23.2 Å². The molecule has 0 aromatic heterocycles. The fourth-order valence-electron chi connectivity index (χ4n) is 1.43. The van der Waals surface area contributed by atoms with E-state index in [9.17, 15) is 9.18 Å². The molecule has 0 spiro atoms. The van der Waals surface area contributed by atoms with E-state index in [1.54, 1.807) is 19.1 Å². The summed E-state index contributed by atoms with van der Waals surface area (Å²) in [5.41, 5.74) is 0.121. The van der Waals surface area contributed by atoms with Gasteiger partial charge in [-0.15, -0.1) is 23.2 Å². The summed E-state index contributed by atoms with van der Waals surface area (Å²) >= 11 is 11.7. The highest BCUT2D eigenvalue weighted by atomic mass is 35.5. The molecule has 0 aliphatic rings. The molecular weight excluding hydrogens is 276 g/mol. The van der Waals surface area contributed by atoms with Crippen molar-refractivity contribution in [2.24, 2.45) is 0 Å². The second-order valence-corrected chi connectivity index (χ2v) is 4.85. The van der Waals surface area contributed by atoms with Gasteiger partial charge >= 0.3 is 0 Å². The van der Waals surface area contributed by atoms with Gasteiger partial charge in [0.15, 0.2) is 0 Å². The SMILES string of the molecule is CCC(CCl)(CCl)NC(=O)c1ccc(C)c(F)c1. The summed E-state index contributed by atoms with van der Waals surface area (Å²) in [6.07, 6.45) is 0.611. The molecule has 0 radical (unpaired) electrons. The Labute approximate surface area is 116 Å². The van der Waals surface area contributed by atoms with Crippen LogP contribution in [0.1, 0.15) is 29.3 Å². The number of carbonyl (C=O) groups is 1. The van der Waals surface area contributed by atoms with Gasteiger partial charge in [-0.25, -0.2) is 4.39 Å². The zero-order valence-electron chi connectivity index (χ0n) is 10.4. The predicted octanol–water partition coefficient (Wildman–Crippen LogP) is 3.49. The van der Waals surface area contributed by atoms with Crippen molar-refractivity contribution in [3.05, 3.63) is 35.1 Å². The van der Waals surface area contributed by atoms with Crippen molar-refractivity contribution in [1.82, 2.24) is 5.32 Å². The minimum Gasteiger partial charge on any atom is -0.344 e. The Hall–Kier alpha value is -0.800. The number of halogens is 3. The average Bonchev–Trinajstić information content (AvgIpc) is 2.39. The largest absolute Gasteiger partial charge is 0.344 e. The van der Waals surface area contributed by atoms with Gasteiger partial charge in [0.25, 0.3) is 5.91 Å². The molecule has 0 heterocycles. The lowest BCUT2D eigenvalue weighted by Crippen LogP contribution is -2.51. The molecule has 18 heavy (non-hydrogen) atoms. The molecule has 0 saturated heterocycles. The number of carbonyl (C=O) groups excluding carboxylic acids is 1. The van der Waals surface area contributed by atoms with Crippen molar-refractivity contribution in [3.63, 3.8) is 0 Å². The monoisotopic (exact) mass is 291 g/mol. The molecule has 1 aromatic carbocycles. The molecule has 5 heteroatoms. The first kappa shape index (κ1) is 15.3. The van der Waals surface area contributed by atoms with Gasteiger partial charge < -0.3 is 5.32 Å². The Morgan fingerprint density at radius 3 is 2.44 bits per heavy atom. The number of nitrogens with one attached hydrogen (secondary N) is 1. The molecule has 0 unspecified atom stereocenters. The Morgan fingerprint density at radius 1 is 1.39 bits per heavy atom. The molecular formula is C13H16Cl2FNO. The first-order valence-electron chi connectivity index (χ1n) is 5.68. The number of amides is 1. The quantitative estimate of drug-likeness (QED) is 0.827. The Morgan fingerprint density at radius 2 is 2.00 bits per heavy atom. The van der Waals surface area contributed by atoms with Crippen molar-refractivity contribution in [2.75, 3.05) is 11.8 Å². The molecule has 0 aliphatic heterocycles. The molecule has 0 aliphatic carbocycles. The van der Waals surface area contributed by atoms with E-state index in [1.807, 2.05) is 6.92 Å². The molecule has 1 aromatic rings. The summed E-state index contributed by atoms with van der Waals surface area (Å²) in [7, 11) is 0. The van der Waals surface area contributed by atoms with E-state index in [1.165, 1.54) is 6.07 Å². The highest BCUT2D eigenvalue weighted by molar-refractivity contribution is 6.22. The summed E-state index contributed by atoms with van der Waals surface area (Å²) < 4.78 is 13.4. The van der Waals surface area contributed by atoms with Crippen molar-refractivity contribution < 1.29 is 9.18 Å². The Kier molecular flexibility index (Phi) is 5.42. The Balaban J connectivity index is 2.90. The van der Waals surface area contributed by atoms with Crippen LogP contribution in [-0.4, -0.2) is 23.2 Å². The number of hydrogen-bond acceptors (Lipinski definition) is 1. The minimum atomic E-state index is -0.651. The number of aryl methyl sites for hydroxylation is 1. The molecule has 0 saturated carbocycles. The molecule has 1 amide bonds. The number of alkyl halides is 2. The first-order valence-corrected chi connectivity index (χ1v) is 6.75. The van der Waals surface area contributed by atoms with Gasteiger partial charge in [0.05, 0.1) is 5.54 Å². The van der Waals surface area contributed by atoms with Gasteiger partial charge in [-0.2, -0.15) is 0 Å². The van der Waals surface area contributed by atoms with Crippen LogP contribution >= 0.6 is 23.2 Å². The van der Waals surface area contributed by atoms with Crippen molar-refractivity contribution >= 4 is 29.1 Å². The smallest absolute Gasteiger partial charge is 0.251 e. The molecule has 0 bridgehead atoms. The zero-order chi connectivity index (χ0) is 13.8. The van der Waals surface area contributed by atoms with Crippen molar-refractivity contribution in [1.29, 1.82) is 0 Å². The van der Waals surface area contributed by atoms with Gasteiger partial charge in [-0.3, -0.25) is 4.79 Å². The lowest BCUT2D eigenvalue weighted by atomic mass is 10.0. The minimum absolute atomic E-state index is 0.215. The van der Waals surface area contributed by atoms with Crippen molar-refractivity contribution in [2.45, 2.75) is 25.8 Å². The summed E-state index contributed by atoms with van der Waals surface area (Å²) in [6.45, 7) is 3.53. The van der Waals surface area contributed by atoms with Crippen LogP contribution in [0.5, 0.6) is 0 Å². The van der Waals surface area contributed by atoms with Gasteiger partial charge in [0.1, 0.15) is 5.82 Å². The van der Waals surface area contributed by atoms with E-state index in [0.29, 0.717) is 12.0 Å². The van der Waals surface area contributed by atoms with Crippen LogP contribution in [0.3, 0.4) is 0 Å². The van der Waals surface area contributed by atoms with E-state index in [-0.39, 0.29) is 23.2 Å². The van der Waals surface area contributed by atoms with E-state index in [2.05, 4.69) is 5.32 Å². The van der Waals surface area contributed by atoms with Gasteiger partial charge in [-0.05, 0) is 31.0 Å². The summed E-state index contributed by atoms with van der Waals surface area (Å²) in [5.74, 6) is -0.335. The average molecular weight is 292 g/mol. The number of rotatable bonds is 5. The highest BCUT2D eigenvalue weighted by Crippen LogP contribution is 2.17. The van der Waals surface area contributed by atoms with Crippen LogP contribution in [0.15, 0.2) is 18.2 Å². The fraction of sp³-hybridized carbons (Fsp3) is 0.462. The van der Waals surface area contributed by atoms with E-state index >= 15 is 0 Å². The number of hydrogen-bond donors (Lipinski definition) is 1. The lowest BCUT2D eigenvalue weighted by Gasteiger charge is -2.29. The standard InChI is InChI=1S/C13H16Cl2FNO/c1-3-13(7-14,8-15)17-12(18)10-5-4-9(2)11(16)6-10/h4-6H,3,7-8H2,1-2H3,(H,17,18). The summed E-state index contributed by atoms with van der Waals surface area (Å²) in [6, 6.07) is 4.36. The van der Waals surface area contributed by atoms with Crippen LogP contribution in [0, 0.1) is 12.7 Å². The van der Waals surface area contributed by atoms with Crippen LogP contribution in [-0.2, 0) is 0 Å². The second-order valence-electron chi connectivity index (χ2n) is 4.32. The molecule has 100 valence electrons. The first-order chi connectivity index (χ1) is 8.48. The summed E-state index contributed by atoms with van der Waals surface area (Å²) in [5, 5.41) is 2.77. The molecule has 1 N–H and O–H groups in total. The molecule has 2 nitrogen and oxygen atoms in total. The van der Waals surface area contributed by atoms with E-state index in [0.717, 1.165) is 0 Å². The lowest BCUT2D eigenvalue weighted by molar-refractivity contribution is 0.0913. The zero-order valence-corrected chi connectivity index (χ0v) is 11.9. The predicted molar refractivity (Wildman–Crippen MR) is 73.1 cm³/mol. The maximum Gasteiger partial charge on any atom is 0.251 e. The van der Waals surface area contributed by atoms with Crippen LogP contribution in [0.4, 0.5) is 4.39 Å². The Bertz CT molecular complexity index is 425. The third kappa shape index (κ3) is 3.36. The maximum atomic E-state index is 13.4. The fourth-order valence-corrected chi connectivity index (χ4v) is 2.22. The van der Waals surface area contributed by atoms with E-state index < -0.39 is 11.4 Å². The van der Waals surface area contributed by atoms with Crippen LogP contribution < -0.4 is 5.32 Å². The maximum absolute atomic E-state index is 13.4. The molecule has 0 fully saturated rings. The normalized spacial score (nSPS) is 11.4. The van der Waals surface area contributed by atoms with Gasteiger partial charge in [0, 0.05) is 17.3 Å². The third-order valence-corrected chi connectivity index (χ3v) is 4.02. The topological polar surface area (TPSA) is 29.1 Å². The molecule has 1 rings (SSSR count). The highest BCUT2D eigenvalue weighted by Gasteiger charge is 2.28. The number of benzene rings is 1. The van der Waals surface area contributed by atoms with Gasteiger partial charge in [0.2, 0.25) is 0 Å². The second kappa shape index (κ2) is 6.39.